The van der Waals surface area contributed by atoms with Crippen LogP contribution >= 0.6 is 11.3 Å². The van der Waals surface area contributed by atoms with Gasteiger partial charge in [-0.05, 0) is 88.1 Å². The first-order chi connectivity index (χ1) is 31.3. The Bertz CT molecular complexity index is 2590. The number of carbonyl (C=O) groups is 4. The number of rotatable bonds is 6. The van der Waals surface area contributed by atoms with Crippen molar-refractivity contribution in [1.82, 2.24) is 35.6 Å². The molecule has 15 nitrogen and oxygen atoms in total. The lowest BCUT2D eigenvalue weighted by Gasteiger charge is -2.38. The van der Waals surface area contributed by atoms with Gasteiger partial charge in [0.25, 0.3) is 5.91 Å². The lowest BCUT2D eigenvalue weighted by molar-refractivity contribution is -0.155. The third-order valence-electron chi connectivity index (χ3n) is 12.4. The highest BCUT2D eigenvalue weighted by Gasteiger charge is 2.39. The van der Waals surface area contributed by atoms with Gasteiger partial charge in [0.1, 0.15) is 24.3 Å². The fraction of sp³-hybridized carbons (Fsp3) is 0.480. The molecule has 6 heterocycles. The second kappa shape index (κ2) is 18.8. The van der Waals surface area contributed by atoms with Gasteiger partial charge in [-0.1, -0.05) is 64.1 Å². The number of carbonyl (C=O) groups excluding carboxylic acids is 4. The van der Waals surface area contributed by atoms with Crippen molar-refractivity contribution in [2.75, 3.05) is 26.2 Å². The van der Waals surface area contributed by atoms with Crippen LogP contribution < -0.4 is 10.7 Å². The zero-order valence-electron chi connectivity index (χ0n) is 38.9. The van der Waals surface area contributed by atoms with E-state index in [4.69, 9.17) is 24.2 Å². The molecule has 4 N–H and O–H groups in total. The standard InChI is InChI=1S/C50H61N7O8S/c1-30(2)42-35(23-33(26-51-42)50(62)17-20-56(21-18-50)47(61)63-27-31-12-9-8-10-13-31)43-36-25-49(6,7)29-64-45(59)38-14-11-19-57(55-38)44(58)39(54-46(60)65-48(3,4)5)24-41-52-40(28-66-41)32-15-16-37(53-43)34(36)22-32/h8-10,12-13,15-16,22-23,26,28,30,38-39,53,55,62H,11,14,17-21,24-25,27,29H2,1-7H3,(H,54,60)/t38-,39-/m0/s1. The first-order valence-corrected chi connectivity index (χ1v) is 23.7. The Morgan fingerprint density at radius 1 is 1.06 bits per heavy atom. The Morgan fingerprint density at radius 2 is 1.82 bits per heavy atom. The molecule has 6 bridgehead atoms. The first kappa shape index (κ1) is 46.7. The van der Waals surface area contributed by atoms with Gasteiger partial charge in [0.2, 0.25) is 0 Å². The number of aliphatic hydroxyl groups is 1. The van der Waals surface area contributed by atoms with E-state index in [0.29, 0.717) is 62.3 Å². The van der Waals surface area contributed by atoms with E-state index in [1.54, 1.807) is 31.9 Å². The highest BCUT2D eigenvalue weighted by molar-refractivity contribution is 7.10. The summed E-state index contributed by atoms with van der Waals surface area (Å²) in [5.74, 6) is -0.838. The summed E-state index contributed by atoms with van der Waals surface area (Å²) < 4.78 is 17.2. The molecule has 0 aliphatic carbocycles. The molecule has 3 aliphatic heterocycles. The second-order valence-corrected chi connectivity index (χ2v) is 20.8. The van der Waals surface area contributed by atoms with E-state index in [-0.39, 0.29) is 25.6 Å². The van der Waals surface area contributed by atoms with Crippen molar-refractivity contribution in [1.29, 1.82) is 0 Å². The van der Waals surface area contributed by atoms with Gasteiger partial charge in [-0.25, -0.2) is 20.0 Å². The van der Waals surface area contributed by atoms with Crippen LogP contribution in [0.2, 0.25) is 0 Å². The molecule has 8 rings (SSSR count). The minimum Gasteiger partial charge on any atom is -0.464 e. The Balaban J connectivity index is 1.14. The normalized spacial score (nSPS) is 20.1. The quantitative estimate of drug-likeness (QED) is 0.0951. The van der Waals surface area contributed by atoms with Crippen LogP contribution in [0, 0.1) is 5.41 Å². The van der Waals surface area contributed by atoms with Crippen molar-refractivity contribution in [3.8, 4) is 22.5 Å². The number of hydrogen-bond acceptors (Lipinski definition) is 12. The Kier molecular flexibility index (Phi) is 13.3. The van der Waals surface area contributed by atoms with Gasteiger partial charge < -0.3 is 34.5 Å². The van der Waals surface area contributed by atoms with Gasteiger partial charge in [0, 0.05) is 70.6 Å². The molecule has 16 heteroatoms. The number of alkyl carbamates (subject to hydrolysis) is 1. The van der Waals surface area contributed by atoms with Crippen LogP contribution in [-0.4, -0.2) is 98.0 Å². The highest BCUT2D eigenvalue weighted by atomic mass is 32.1. The number of benzene rings is 2. The van der Waals surface area contributed by atoms with E-state index in [9.17, 15) is 24.3 Å². The van der Waals surface area contributed by atoms with Crippen LogP contribution in [0.1, 0.15) is 107 Å². The Labute approximate surface area is 389 Å². The summed E-state index contributed by atoms with van der Waals surface area (Å²) in [5, 5.41) is 20.0. The summed E-state index contributed by atoms with van der Waals surface area (Å²) in [6.07, 6.45) is 2.90. The molecule has 0 unspecified atom stereocenters. The van der Waals surface area contributed by atoms with Crippen molar-refractivity contribution in [2.24, 2.45) is 5.41 Å². The zero-order chi connectivity index (χ0) is 47.0. The van der Waals surface area contributed by atoms with Gasteiger partial charge in [-0.3, -0.25) is 19.6 Å². The van der Waals surface area contributed by atoms with Gasteiger partial charge in [-0.15, -0.1) is 11.3 Å². The number of cyclic esters (lactones) is 1. The summed E-state index contributed by atoms with van der Waals surface area (Å²) in [7, 11) is 0. The molecular formula is C50H61N7O8S. The minimum atomic E-state index is -1.24. The number of fused-ring (bicyclic) bond motifs is 6. The number of nitrogens with zero attached hydrogens (tertiary/aromatic N) is 4. The average molecular weight is 920 g/mol. The molecule has 2 saturated heterocycles. The number of pyridine rings is 1. The van der Waals surface area contributed by atoms with Crippen molar-refractivity contribution >= 4 is 46.3 Å². The van der Waals surface area contributed by atoms with Crippen molar-refractivity contribution in [3.63, 3.8) is 0 Å². The predicted octanol–water partition coefficient (Wildman–Crippen LogP) is 8.15. The smallest absolute Gasteiger partial charge is 0.410 e. The van der Waals surface area contributed by atoms with Crippen molar-refractivity contribution < 1.29 is 38.5 Å². The Hall–Kier alpha value is -5.84. The number of hydrogen-bond donors (Lipinski definition) is 4. The monoisotopic (exact) mass is 919 g/mol. The summed E-state index contributed by atoms with van der Waals surface area (Å²) in [6, 6.07) is 16.0. The molecule has 0 spiro atoms. The van der Waals surface area contributed by atoms with Crippen molar-refractivity contribution in [2.45, 2.75) is 123 Å². The Morgan fingerprint density at radius 3 is 2.55 bits per heavy atom. The topological polar surface area (TPSA) is 188 Å². The lowest BCUT2D eigenvalue weighted by atomic mass is 9.82. The first-order valence-electron chi connectivity index (χ1n) is 22.9. The molecule has 0 saturated carbocycles. The SMILES string of the molecule is CC(C)c1ncc(C2(O)CCN(C(=O)OCc3ccccc3)CC2)cc1-c1[nH]c2ccc3cc2c1CC(C)(C)COC(=O)[C@@H]1CCCN(N1)C(=O)[C@@H](NC(=O)OC(C)(C)C)Cc1nc-3cs1. The van der Waals surface area contributed by atoms with Gasteiger partial charge >= 0.3 is 18.2 Å². The molecule has 2 fully saturated rings. The van der Waals surface area contributed by atoms with Crippen LogP contribution in [-0.2, 0) is 48.8 Å². The number of piperidine rings is 1. The minimum absolute atomic E-state index is 0.0313. The number of H-pyrrole nitrogens is 1. The molecule has 350 valence electrons. The summed E-state index contributed by atoms with van der Waals surface area (Å²) >= 11 is 1.40. The maximum absolute atomic E-state index is 14.1. The van der Waals surface area contributed by atoms with E-state index in [0.717, 1.165) is 50.2 Å². The number of amides is 3. The summed E-state index contributed by atoms with van der Waals surface area (Å²) in [6.45, 7) is 14.9. The molecule has 0 radical (unpaired) electrons. The van der Waals surface area contributed by atoms with Crippen molar-refractivity contribution in [3.05, 3.63) is 93.6 Å². The number of thiazole rings is 1. The van der Waals surface area contributed by atoms with Crippen LogP contribution in [0.4, 0.5) is 9.59 Å². The number of likely N-dealkylation sites (tertiary alicyclic amines) is 1. The molecule has 3 amide bonds. The fourth-order valence-electron chi connectivity index (χ4n) is 8.93. The molecule has 3 aliphatic rings. The van der Waals surface area contributed by atoms with Gasteiger partial charge in [0.15, 0.2) is 0 Å². The predicted molar refractivity (Wildman–Crippen MR) is 251 cm³/mol. The zero-order valence-corrected chi connectivity index (χ0v) is 39.7. The lowest BCUT2D eigenvalue weighted by Crippen LogP contribution is -2.60. The summed E-state index contributed by atoms with van der Waals surface area (Å²) in [5.41, 5.74) is 8.15. The van der Waals surface area contributed by atoms with Crippen LogP contribution in [0.5, 0.6) is 0 Å². The van der Waals surface area contributed by atoms with Crippen LogP contribution in [0.3, 0.4) is 0 Å². The van der Waals surface area contributed by atoms with E-state index >= 15 is 0 Å². The maximum atomic E-state index is 14.1. The van der Waals surface area contributed by atoms with Crippen LogP contribution in [0.25, 0.3) is 33.4 Å². The van der Waals surface area contributed by atoms with E-state index in [2.05, 4.69) is 49.5 Å². The number of aromatic amines is 1. The molecular weight excluding hydrogens is 859 g/mol. The third kappa shape index (κ3) is 10.6. The molecule has 5 aromatic rings. The number of ether oxygens (including phenoxy) is 3. The maximum Gasteiger partial charge on any atom is 0.410 e. The van der Waals surface area contributed by atoms with Gasteiger partial charge in [-0.2, -0.15) is 0 Å². The third-order valence-corrected chi connectivity index (χ3v) is 13.3. The average Bonchev–Trinajstić information content (AvgIpc) is 3.90. The molecule has 66 heavy (non-hydrogen) atoms. The summed E-state index contributed by atoms with van der Waals surface area (Å²) in [4.78, 5) is 69.4. The molecule has 3 aromatic heterocycles. The largest absolute Gasteiger partial charge is 0.464 e. The fourth-order valence-corrected chi connectivity index (χ4v) is 9.78. The van der Waals surface area contributed by atoms with Gasteiger partial charge in [0.05, 0.1) is 34.3 Å². The second-order valence-electron chi connectivity index (χ2n) is 19.9. The van der Waals surface area contributed by atoms with E-state index in [1.807, 2.05) is 53.9 Å². The van der Waals surface area contributed by atoms with E-state index < -0.39 is 52.8 Å². The molecule has 2 atom stereocenters. The number of hydrazine groups is 1. The van der Waals surface area contributed by atoms with Crippen LogP contribution in [0.15, 0.2) is 66.2 Å². The van der Waals surface area contributed by atoms with E-state index in [1.165, 1.54) is 16.3 Å². The number of esters is 1. The highest BCUT2D eigenvalue weighted by Crippen LogP contribution is 2.42. The number of aromatic nitrogens is 3. The number of nitrogens with one attached hydrogen (secondary N) is 3. The molecule has 2 aromatic carbocycles.